The predicted octanol–water partition coefficient (Wildman–Crippen LogP) is 3.16. The first-order valence-electron chi connectivity index (χ1n) is 8.28. The highest BCUT2D eigenvalue weighted by molar-refractivity contribution is 7.16. The van der Waals surface area contributed by atoms with E-state index in [2.05, 4.69) is 32.7 Å². The second-order valence-corrected chi connectivity index (χ2v) is 7.79. The molecule has 0 bridgehead atoms. The first-order valence-corrected chi connectivity index (χ1v) is 10.0. The van der Waals surface area contributed by atoms with Crippen LogP contribution in [-0.4, -0.2) is 48.6 Å². The molecule has 1 aromatic carbocycles. The zero-order valence-corrected chi connectivity index (χ0v) is 15.3. The number of rotatable bonds is 5. The SMILES string of the molecule is O=C(NC[C@H](c1cccs1)N1CCOCC1)c1ccc2ncsc2c1. The van der Waals surface area contributed by atoms with Crippen LogP contribution in [0.1, 0.15) is 21.3 Å². The third-order valence-corrected chi connectivity index (χ3v) is 6.17. The van der Waals surface area contributed by atoms with Crippen LogP contribution in [0.25, 0.3) is 10.2 Å². The summed E-state index contributed by atoms with van der Waals surface area (Å²) >= 11 is 3.29. The fraction of sp³-hybridized carbons (Fsp3) is 0.333. The number of hydrogen-bond donors (Lipinski definition) is 1. The molecule has 1 amide bonds. The smallest absolute Gasteiger partial charge is 0.251 e. The van der Waals surface area contributed by atoms with Crippen molar-refractivity contribution in [1.29, 1.82) is 0 Å². The van der Waals surface area contributed by atoms with Gasteiger partial charge in [-0.1, -0.05) is 6.07 Å². The van der Waals surface area contributed by atoms with Gasteiger partial charge in [-0.25, -0.2) is 4.98 Å². The topological polar surface area (TPSA) is 54.5 Å². The molecule has 1 aliphatic rings. The number of thiazole rings is 1. The maximum atomic E-state index is 12.6. The van der Waals surface area contributed by atoms with Gasteiger partial charge in [0.15, 0.2) is 0 Å². The molecular formula is C18H19N3O2S2. The molecule has 7 heteroatoms. The molecule has 1 atom stereocenters. The Morgan fingerprint density at radius 2 is 2.16 bits per heavy atom. The lowest BCUT2D eigenvalue weighted by Crippen LogP contribution is -2.43. The molecule has 0 spiro atoms. The Morgan fingerprint density at radius 3 is 2.96 bits per heavy atom. The average Bonchev–Trinajstić information content (AvgIpc) is 3.34. The normalized spacial score (nSPS) is 16.8. The van der Waals surface area contributed by atoms with Crippen LogP contribution in [0.4, 0.5) is 0 Å². The number of hydrogen-bond acceptors (Lipinski definition) is 6. The van der Waals surface area contributed by atoms with Crippen LogP contribution >= 0.6 is 22.7 Å². The summed E-state index contributed by atoms with van der Waals surface area (Å²) in [7, 11) is 0. The number of benzene rings is 1. The lowest BCUT2D eigenvalue weighted by Gasteiger charge is -2.34. The second-order valence-electron chi connectivity index (χ2n) is 5.92. The molecule has 1 N–H and O–H groups in total. The Kier molecular flexibility index (Phi) is 5.07. The Labute approximate surface area is 154 Å². The Bertz CT molecular complexity index is 841. The molecular weight excluding hydrogens is 354 g/mol. The summed E-state index contributed by atoms with van der Waals surface area (Å²) in [4.78, 5) is 20.5. The summed E-state index contributed by atoms with van der Waals surface area (Å²) in [5.74, 6) is -0.0369. The fourth-order valence-corrected chi connectivity index (χ4v) is 4.64. The van der Waals surface area contributed by atoms with E-state index in [-0.39, 0.29) is 11.9 Å². The van der Waals surface area contributed by atoms with Crippen molar-refractivity contribution < 1.29 is 9.53 Å². The molecule has 0 radical (unpaired) electrons. The van der Waals surface area contributed by atoms with Crippen molar-refractivity contribution in [3.8, 4) is 0 Å². The molecule has 1 aliphatic heterocycles. The van der Waals surface area contributed by atoms with Crippen LogP contribution in [0.15, 0.2) is 41.2 Å². The number of carbonyl (C=O) groups is 1. The quantitative estimate of drug-likeness (QED) is 0.746. The number of carbonyl (C=O) groups excluding carboxylic acids is 1. The van der Waals surface area contributed by atoms with Crippen LogP contribution in [0.3, 0.4) is 0 Å². The van der Waals surface area contributed by atoms with Gasteiger partial charge in [-0.2, -0.15) is 0 Å². The molecule has 1 fully saturated rings. The molecule has 1 saturated heterocycles. The third kappa shape index (κ3) is 3.74. The molecule has 0 unspecified atom stereocenters. The number of ether oxygens (including phenoxy) is 1. The van der Waals surface area contributed by atoms with Crippen molar-refractivity contribution in [2.24, 2.45) is 0 Å². The van der Waals surface area contributed by atoms with E-state index in [0.29, 0.717) is 12.1 Å². The summed E-state index contributed by atoms with van der Waals surface area (Å²) in [6, 6.07) is 10.1. The average molecular weight is 374 g/mol. The minimum atomic E-state index is -0.0369. The number of aromatic nitrogens is 1. The van der Waals surface area contributed by atoms with Gasteiger partial charge in [0.05, 0.1) is 35.0 Å². The predicted molar refractivity (Wildman–Crippen MR) is 101 cm³/mol. The van der Waals surface area contributed by atoms with Crippen molar-refractivity contribution in [2.45, 2.75) is 6.04 Å². The van der Waals surface area contributed by atoms with Gasteiger partial charge in [0.25, 0.3) is 5.91 Å². The van der Waals surface area contributed by atoms with Gasteiger partial charge in [-0.15, -0.1) is 22.7 Å². The van der Waals surface area contributed by atoms with Gasteiger partial charge in [-0.05, 0) is 29.6 Å². The zero-order chi connectivity index (χ0) is 17.1. The van der Waals surface area contributed by atoms with E-state index >= 15 is 0 Å². The van der Waals surface area contributed by atoms with Gasteiger partial charge in [-0.3, -0.25) is 9.69 Å². The molecule has 130 valence electrons. The largest absolute Gasteiger partial charge is 0.379 e. The van der Waals surface area contributed by atoms with Crippen molar-refractivity contribution >= 4 is 38.8 Å². The molecule has 0 aliphatic carbocycles. The van der Waals surface area contributed by atoms with E-state index in [1.807, 2.05) is 18.2 Å². The van der Waals surface area contributed by atoms with Gasteiger partial charge in [0, 0.05) is 30.1 Å². The summed E-state index contributed by atoms with van der Waals surface area (Å²) in [5.41, 5.74) is 3.42. The Hall–Kier alpha value is -1.80. The van der Waals surface area contributed by atoms with E-state index < -0.39 is 0 Å². The van der Waals surface area contributed by atoms with Crippen molar-refractivity contribution in [2.75, 3.05) is 32.8 Å². The van der Waals surface area contributed by atoms with Gasteiger partial charge < -0.3 is 10.1 Å². The van der Waals surface area contributed by atoms with Gasteiger partial charge in [0.1, 0.15) is 0 Å². The van der Waals surface area contributed by atoms with Crippen LogP contribution in [0, 0.1) is 0 Å². The monoisotopic (exact) mass is 373 g/mol. The maximum Gasteiger partial charge on any atom is 0.251 e. The number of thiophene rings is 1. The number of fused-ring (bicyclic) bond motifs is 1. The highest BCUT2D eigenvalue weighted by Gasteiger charge is 2.24. The van der Waals surface area contributed by atoms with Crippen molar-refractivity contribution in [1.82, 2.24) is 15.2 Å². The maximum absolute atomic E-state index is 12.6. The third-order valence-electron chi connectivity index (χ3n) is 4.41. The summed E-state index contributed by atoms with van der Waals surface area (Å²) in [6.45, 7) is 3.88. The Morgan fingerprint density at radius 1 is 1.28 bits per heavy atom. The van der Waals surface area contributed by atoms with Crippen LogP contribution in [0.5, 0.6) is 0 Å². The summed E-state index contributed by atoms with van der Waals surface area (Å²) in [5, 5.41) is 5.20. The van der Waals surface area contributed by atoms with Gasteiger partial charge >= 0.3 is 0 Å². The first-order chi connectivity index (χ1) is 12.3. The number of nitrogens with zero attached hydrogens (tertiary/aromatic N) is 2. The highest BCUT2D eigenvalue weighted by atomic mass is 32.1. The highest BCUT2D eigenvalue weighted by Crippen LogP contribution is 2.25. The minimum Gasteiger partial charge on any atom is -0.379 e. The van der Waals surface area contributed by atoms with Crippen LogP contribution in [0.2, 0.25) is 0 Å². The van der Waals surface area contributed by atoms with Crippen LogP contribution in [-0.2, 0) is 4.74 Å². The second kappa shape index (κ2) is 7.61. The number of morpholine rings is 1. The van der Waals surface area contributed by atoms with Gasteiger partial charge in [0.2, 0.25) is 0 Å². The van der Waals surface area contributed by atoms with Crippen molar-refractivity contribution in [3.05, 3.63) is 51.7 Å². The molecule has 5 nitrogen and oxygen atoms in total. The Balaban J connectivity index is 1.47. The zero-order valence-electron chi connectivity index (χ0n) is 13.7. The lowest BCUT2D eigenvalue weighted by molar-refractivity contribution is 0.0169. The molecule has 2 aromatic heterocycles. The van der Waals surface area contributed by atoms with E-state index in [4.69, 9.17) is 4.74 Å². The van der Waals surface area contributed by atoms with E-state index in [1.165, 1.54) is 4.88 Å². The molecule has 0 saturated carbocycles. The molecule has 3 heterocycles. The first kappa shape index (κ1) is 16.7. The summed E-state index contributed by atoms with van der Waals surface area (Å²) in [6.07, 6.45) is 0. The fourth-order valence-electron chi connectivity index (χ4n) is 3.07. The summed E-state index contributed by atoms with van der Waals surface area (Å²) < 4.78 is 6.50. The van der Waals surface area contributed by atoms with Crippen LogP contribution < -0.4 is 5.32 Å². The standard InChI is InChI=1S/C18H19N3O2S2/c22-18(13-3-4-14-17(10-13)25-12-20-14)19-11-15(16-2-1-9-24-16)21-5-7-23-8-6-21/h1-4,9-10,12,15H,5-8,11H2,(H,19,22)/t15-/m1/s1. The molecule has 4 rings (SSSR count). The minimum absolute atomic E-state index is 0.0369. The van der Waals surface area contributed by atoms with E-state index in [1.54, 1.807) is 28.2 Å². The van der Waals surface area contributed by atoms with E-state index in [9.17, 15) is 4.79 Å². The lowest BCUT2D eigenvalue weighted by atomic mass is 10.1. The molecule has 25 heavy (non-hydrogen) atoms. The number of nitrogens with one attached hydrogen (secondary N) is 1. The molecule has 3 aromatic rings. The number of amides is 1. The van der Waals surface area contributed by atoms with E-state index in [0.717, 1.165) is 36.5 Å². The van der Waals surface area contributed by atoms with Crippen molar-refractivity contribution in [3.63, 3.8) is 0 Å².